The second kappa shape index (κ2) is 18.5. The second-order valence-electron chi connectivity index (χ2n) is 14.1. The van der Waals surface area contributed by atoms with Gasteiger partial charge in [-0.05, 0) is 77.0 Å². The van der Waals surface area contributed by atoms with Gasteiger partial charge in [0.2, 0.25) is 0 Å². The third-order valence-electron chi connectivity index (χ3n) is 9.98. The van der Waals surface area contributed by atoms with Crippen LogP contribution in [0.1, 0.15) is 115 Å². The summed E-state index contributed by atoms with van der Waals surface area (Å²) in [6.45, 7) is 6.84. The molecule has 0 unspecified atom stereocenters. The van der Waals surface area contributed by atoms with Gasteiger partial charge in [-0.25, -0.2) is 9.59 Å². The van der Waals surface area contributed by atoms with E-state index in [0.717, 1.165) is 70.6 Å². The third-order valence-corrected chi connectivity index (χ3v) is 9.98. The molecular formula is C36H59N5O6. The second-order valence-corrected chi connectivity index (χ2v) is 14.1. The summed E-state index contributed by atoms with van der Waals surface area (Å²) in [4.78, 5) is 43.7. The van der Waals surface area contributed by atoms with Crippen molar-refractivity contribution in [3.8, 4) is 5.75 Å². The van der Waals surface area contributed by atoms with Gasteiger partial charge in [-0.1, -0.05) is 45.4 Å². The number of likely N-dealkylation sites (N-methyl/N-ethyl adjacent to an activating group) is 1. The molecule has 4 atom stereocenters. The van der Waals surface area contributed by atoms with Gasteiger partial charge in [-0.15, -0.1) is 0 Å². The molecule has 3 aliphatic rings. The van der Waals surface area contributed by atoms with Crippen molar-refractivity contribution in [2.75, 3.05) is 38.7 Å². The molecule has 1 aromatic rings. The Morgan fingerprint density at radius 1 is 0.957 bits per heavy atom. The lowest BCUT2D eigenvalue weighted by Crippen LogP contribution is -2.50. The van der Waals surface area contributed by atoms with E-state index in [2.05, 4.69) is 16.0 Å². The van der Waals surface area contributed by atoms with Crippen molar-refractivity contribution < 1.29 is 29.0 Å². The van der Waals surface area contributed by atoms with E-state index >= 15 is 0 Å². The lowest BCUT2D eigenvalue weighted by Gasteiger charge is -2.36. The van der Waals surface area contributed by atoms with Crippen LogP contribution in [-0.4, -0.2) is 96.6 Å². The molecule has 47 heavy (non-hydrogen) atoms. The lowest BCUT2D eigenvalue weighted by atomic mass is 9.96. The molecule has 264 valence electrons. The van der Waals surface area contributed by atoms with Crippen LogP contribution in [-0.2, 0) is 4.74 Å². The number of carbonyl (C=O) groups is 3. The molecule has 11 nitrogen and oxygen atoms in total. The van der Waals surface area contributed by atoms with Crippen LogP contribution >= 0.6 is 0 Å². The zero-order valence-electron chi connectivity index (χ0n) is 29.1. The van der Waals surface area contributed by atoms with E-state index in [9.17, 15) is 19.5 Å². The van der Waals surface area contributed by atoms with Crippen molar-refractivity contribution >= 4 is 23.7 Å². The highest BCUT2D eigenvalue weighted by atomic mass is 16.5. The van der Waals surface area contributed by atoms with Crippen molar-refractivity contribution in [1.29, 1.82) is 0 Å². The predicted molar refractivity (Wildman–Crippen MR) is 184 cm³/mol. The van der Waals surface area contributed by atoms with E-state index in [-0.39, 0.29) is 54.8 Å². The number of hydrogen-bond acceptors (Lipinski definition) is 6. The van der Waals surface area contributed by atoms with Crippen LogP contribution in [0.15, 0.2) is 18.2 Å². The van der Waals surface area contributed by atoms with Gasteiger partial charge in [0.25, 0.3) is 5.91 Å². The van der Waals surface area contributed by atoms with Gasteiger partial charge in [0.15, 0.2) is 0 Å². The molecule has 0 radical (unpaired) electrons. The number of urea groups is 2. The Balaban J connectivity index is 1.54. The van der Waals surface area contributed by atoms with Crippen LogP contribution in [0.3, 0.4) is 0 Å². The summed E-state index contributed by atoms with van der Waals surface area (Å²) in [7, 11) is 1.80. The fourth-order valence-corrected chi connectivity index (χ4v) is 6.95. The summed E-state index contributed by atoms with van der Waals surface area (Å²) in [5.41, 5.74) is 0.831. The SMILES string of the molecule is C[C@@H]1CCCCO[C@H](CN(C)C(=O)NC2CCCCC2)[C@H](C)CN([C@H](C)CO)C(=O)c2cc(NC(=O)NC3CCCCC3)ccc2O1. The van der Waals surface area contributed by atoms with E-state index in [0.29, 0.717) is 36.7 Å². The molecule has 11 heteroatoms. The minimum atomic E-state index is -0.484. The van der Waals surface area contributed by atoms with Crippen LogP contribution in [0.2, 0.25) is 0 Å². The fraction of sp³-hybridized carbons (Fsp3) is 0.750. The van der Waals surface area contributed by atoms with Gasteiger partial charge in [-0.3, -0.25) is 4.79 Å². The number of anilines is 1. The predicted octanol–water partition coefficient (Wildman–Crippen LogP) is 5.91. The van der Waals surface area contributed by atoms with Crippen molar-refractivity contribution in [1.82, 2.24) is 20.4 Å². The summed E-state index contributed by atoms with van der Waals surface area (Å²) >= 11 is 0. The van der Waals surface area contributed by atoms with E-state index in [1.165, 1.54) is 12.8 Å². The van der Waals surface area contributed by atoms with Gasteiger partial charge < -0.3 is 40.3 Å². The molecule has 1 aromatic carbocycles. The van der Waals surface area contributed by atoms with Crippen LogP contribution in [0.4, 0.5) is 15.3 Å². The van der Waals surface area contributed by atoms with Gasteiger partial charge in [-0.2, -0.15) is 0 Å². The van der Waals surface area contributed by atoms with Crippen molar-refractivity contribution in [2.24, 2.45) is 5.92 Å². The van der Waals surface area contributed by atoms with Crippen LogP contribution in [0, 0.1) is 5.92 Å². The first-order chi connectivity index (χ1) is 22.6. The summed E-state index contributed by atoms with van der Waals surface area (Å²) in [6.07, 6.45) is 12.9. The molecular weight excluding hydrogens is 598 g/mol. The van der Waals surface area contributed by atoms with Gasteiger partial charge >= 0.3 is 12.1 Å². The first-order valence-corrected chi connectivity index (χ1v) is 18.1. The van der Waals surface area contributed by atoms with Crippen molar-refractivity contribution in [2.45, 2.75) is 135 Å². The summed E-state index contributed by atoms with van der Waals surface area (Å²) in [5.74, 6) is 0.00958. The summed E-state index contributed by atoms with van der Waals surface area (Å²) in [5, 5.41) is 19.4. The topological polar surface area (TPSA) is 132 Å². The summed E-state index contributed by atoms with van der Waals surface area (Å²) in [6, 6.07) is 4.69. The Hall–Kier alpha value is -3.05. The minimum absolute atomic E-state index is 0.101. The number of amides is 5. The van der Waals surface area contributed by atoms with Gasteiger partial charge in [0, 0.05) is 50.4 Å². The highest BCUT2D eigenvalue weighted by Gasteiger charge is 2.31. The van der Waals surface area contributed by atoms with E-state index in [1.54, 1.807) is 35.0 Å². The molecule has 1 heterocycles. The number of nitrogens with one attached hydrogen (secondary N) is 3. The zero-order chi connectivity index (χ0) is 33.8. The third kappa shape index (κ3) is 11.3. The van der Waals surface area contributed by atoms with E-state index in [1.807, 2.05) is 20.8 Å². The standard InChI is InChI=1S/C36H59N5O6/c1-25-22-41(26(2)24-42)34(43)31-21-30(38-35(44)37-28-14-7-5-8-15-28)18-19-32(31)47-27(3)13-11-12-20-46-33(25)23-40(4)36(45)39-29-16-9-6-10-17-29/h18-19,21,25-29,33,42H,5-17,20,22-24H2,1-4H3,(H,39,45)(H2,37,38,44)/t25-,26-,27-,33-/m1/s1. The highest BCUT2D eigenvalue weighted by Crippen LogP contribution is 2.29. The number of benzene rings is 1. The van der Waals surface area contributed by atoms with E-state index < -0.39 is 6.04 Å². The number of nitrogens with zero attached hydrogens (tertiary/aromatic N) is 2. The number of hydrogen-bond donors (Lipinski definition) is 4. The number of ether oxygens (including phenoxy) is 2. The van der Waals surface area contributed by atoms with Gasteiger partial charge in [0.1, 0.15) is 5.75 Å². The number of aliphatic hydroxyl groups is 1. The number of aliphatic hydroxyl groups excluding tert-OH is 1. The van der Waals surface area contributed by atoms with Crippen LogP contribution in [0.25, 0.3) is 0 Å². The molecule has 2 aliphatic carbocycles. The van der Waals surface area contributed by atoms with Crippen LogP contribution in [0.5, 0.6) is 5.75 Å². The molecule has 2 saturated carbocycles. The monoisotopic (exact) mass is 657 g/mol. The Kier molecular flexibility index (Phi) is 14.5. The first kappa shape index (κ1) is 36.8. The maximum absolute atomic E-state index is 14.4. The minimum Gasteiger partial charge on any atom is -0.490 e. The van der Waals surface area contributed by atoms with Crippen LogP contribution < -0.4 is 20.7 Å². The average molecular weight is 658 g/mol. The number of carbonyl (C=O) groups excluding carboxylic acids is 3. The molecule has 0 spiro atoms. The summed E-state index contributed by atoms with van der Waals surface area (Å²) < 4.78 is 12.7. The Bertz CT molecular complexity index is 1150. The zero-order valence-corrected chi connectivity index (χ0v) is 29.1. The lowest BCUT2D eigenvalue weighted by molar-refractivity contribution is -0.0123. The Labute approximate surface area is 281 Å². The molecule has 4 rings (SSSR count). The van der Waals surface area contributed by atoms with Gasteiger partial charge in [0.05, 0.1) is 30.4 Å². The fourth-order valence-electron chi connectivity index (χ4n) is 6.95. The number of fused-ring (bicyclic) bond motifs is 1. The Morgan fingerprint density at radius 2 is 1.60 bits per heavy atom. The largest absolute Gasteiger partial charge is 0.490 e. The normalized spacial score (nSPS) is 24.7. The highest BCUT2D eigenvalue weighted by molar-refractivity contribution is 5.99. The number of rotatable bonds is 7. The van der Waals surface area contributed by atoms with E-state index in [4.69, 9.17) is 9.47 Å². The average Bonchev–Trinajstić information content (AvgIpc) is 3.06. The maximum Gasteiger partial charge on any atom is 0.319 e. The molecule has 5 amide bonds. The molecule has 4 N–H and O–H groups in total. The first-order valence-electron chi connectivity index (χ1n) is 18.1. The molecule has 2 fully saturated rings. The molecule has 1 aliphatic heterocycles. The smallest absolute Gasteiger partial charge is 0.319 e. The quantitative estimate of drug-likeness (QED) is 0.288. The molecule has 0 bridgehead atoms. The van der Waals surface area contributed by atoms with Crippen molar-refractivity contribution in [3.05, 3.63) is 23.8 Å². The maximum atomic E-state index is 14.4. The van der Waals surface area contributed by atoms with Crippen molar-refractivity contribution in [3.63, 3.8) is 0 Å². The molecule has 0 saturated heterocycles. The molecule has 0 aromatic heterocycles. The Morgan fingerprint density at radius 3 is 2.26 bits per heavy atom.